The molecule has 0 aliphatic heterocycles. The topological polar surface area (TPSA) is 71.0 Å². The highest BCUT2D eigenvalue weighted by atomic mass is 28.4. The maximum Gasteiger partial charge on any atom is 0.213 e. The molecular formula is C10H18NO2Si2. The Kier molecular flexibility index (Phi) is 4.44. The average molecular weight is 240 g/mol. The molecule has 3 radical (unpaired) electrons. The van der Waals surface area contributed by atoms with E-state index in [2.05, 4.69) is 0 Å². The van der Waals surface area contributed by atoms with Gasteiger partial charge in [0.15, 0.2) is 0 Å². The van der Waals surface area contributed by atoms with Gasteiger partial charge >= 0.3 is 0 Å². The van der Waals surface area contributed by atoms with Crippen molar-refractivity contribution in [3.63, 3.8) is 0 Å². The second-order valence-corrected chi connectivity index (χ2v) is 12.1. The lowest BCUT2D eigenvalue weighted by Gasteiger charge is -2.18. The Hall–Kier alpha value is -0.466. The summed E-state index contributed by atoms with van der Waals surface area (Å²) in [7, 11) is -4.36. The highest BCUT2D eigenvalue weighted by molar-refractivity contribution is 6.84. The van der Waals surface area contributed by atoms with Gasteiger partial charge in [0.2, 0.25) is 16.6 Å². The Bertz CT molecular complexity index is 279. The van der Waals surface area contributed by atoms with Gasteiger partial charge in [0.1, 0.15) is 0 Å². The van der Waals surface area contributed by atoms with Crippen molar-refractivity contribution in [3.05, 3.63) is 24.3 Å². The van der Waals surface area contributed by atoms with E-state index < -0.39 is 16.6 Å². The van der Waals surface area contributed by atoms with Gasteiger partial charge in [0.25, 0.3) is 0 Å². The first-order valence-electron chi connectivity index (χ1n) is 4.77. The molecule has 2 N–H and O–H groups in total. The van der Waals surface area contributed by atoms with Crippen LogP contribution in [0.4, 0.5) is 0 Å². The number of nitrogens with zero attached hydrogens (tertiary/aromatic N) is 1. The Labute approximate surface area is 93.6 Å². The van der Waals surface area contributed by atoms with Gasteiger partial charge in [-0.05, 0) is 36.6 Å². The summed E-state index contributed by atoms with van der Waals surface area (Å²) in [4.78, 5) is 19.7. The van der Waals surface area contributed by atoms with E-state index in [4.69, 9.17) is 0 Å². The van der Waals surface area contributed by atoms with Crippen molar-refractivity contribution in [2.24, 2.45) is 0 Å². The summed E-state index contributed by atoms with van der Waals surface area (Å²) in [6.45, 7) is 7.57. The minimum absolute atomic E-state index is 0. The zero-order valence-corrected chi connectivity index (χ0v) is 11.7. The van der Waals surface area contributed by atoms with Crippen molar-refractivity contribution in [1.82, 2.24) is 6.15 Å². The highest BCUT2D eigenvalue weighted by Gasteiger charge is 2.23. The van der Waals surface area contributed by atoms with Crippen LogP contribution in [0, 0.1) is 0 Å². The van der Waals surface area contributed by atoms with E-state index in [0.717, 1.165) is 10.4 Å². The lowest BCUT2D eigenvalue weighted by Crippen LogP contribution is -2.45. The average Bonchev–Trinajstić information content (AvgIpc) is 2.01. The molecule has 0 fully saturated rings. The minimum atomic E-state index is -2.18. The Morgan fingerprint density at radius 1 is 0.733 bits per heavy atom. The minimum Gasteiger partial charge on any atom is -0.428 e. The summed E-state index contributed by atoms with van der Waals surface area (Å²) in [6, 6.07) is 7.75. The smallest absolute Gasteiger partial charge is 0.213 e. The van der Waals surface area contributed by atoms with Crippen molar-refractivity contribution in [3.8, 4) is 0 Å². The molecule has 15 heavy (non-hydrogen) atoms. The fourth-order valence-corrected chi connectivity index (χ4v) is 3.25. The van der Waals surface area contributed by atoms with Crippen molar-refractivity contribution in [1.29, 1.82) is 0 Å². The van der Waals surface area contributed by atoms with E-state index in [1.165, 1.54) is 0 Å². The lowest BCUT2D eigenvalue weighted by atomic mass is 10.4. The molecule has 1 rings (SSSR count). The normalized spacial score (nSPS) is 12.1. The van der Waals surface area contributed by atoms with Gasteiger partial charge in [0, 0.05) is 6.15 Å². The Morgan fingerprint density at radius 3 is 1.07 bits per heavy atom. The summed E-state index contributed by atoms with van der Waals surface area (Å²) in [5.41, 5.74) is 0. The van der Waals surface area contributed by atoms with Gasteiger partial charge in [-0.1, -0.05) is 24.3 Å². The number of rotatable bonds is 2. The molecule has 0 unspecified atom stereocenters. The van der Waals surface area contributed by atoms with E-state index in [-0.39, 0.29) is 6.15 Å². The van der Waals surface area contributed by atoms with Crippen LogP contribution in [0.15, 0.2) is 24.3 Å². The lowest BCUT2D eigenvalue weighted by molar-refractivity contribution is 0.566. The van der Waals surface area contributed by atoms with E-state index in [0.29, 0.717) is 0 Å². The van der Waals surface area contributed by atoms with Crippen molar-refractivity contribution in [2.75, 3.05) is 0 Å². The SMILES string of the molecule is C[Si](C)(O)c1ccc([Si](C)(C)O)cc1.[N]. The second kappa shape index (κ2) is 4.59. The maximum absolute atomic E-state index is 9.87. The first-order valence-corrected chi connectivity index (χ1v) is 10.7. The van der Waals surface area contributed by atoms with E-state index in [1.54, 1.807) is 0 Å². The molecular weight excluding hydrogens is 222 g/mol. The maximum atomic E-state index is 9.87. The largest absolute Gasteiger partial charge is 0.428 e. The zero-order chi connectivity index (χ0) is 11.0. The number of hydrogen-bond acceptors (Lipinski definition) is 2. The number of hydrogen-bond donors (Lipinski definition) is 2. The molecule has 0 amide bonds. The van der Waals surface area contributed by atoms with Gasteiger partial charge in [0.05, 0.1) is 0 Å². The molecule has 0 saturated carbocycles. The monoisotopic (exact) mass is 240 g/mol. The van der Waals surface area contributed by atoms with Crippen LogP contribution in [-0.2, 0) is 0 Å². The zero-order valence-electron chi connectivity index (χ0n) is 9.65. The molecule has 1 aromatic rings. The van der Waals surface area contributed by atoms with E-state index in [1.807, 2.05) is 50.5 Å². The first-order chi connectivity index (χ1) is 6.21. The van der Waals surface area contributed by atoms with Crippen LogP contribution in [-0.4, -0.2) is 26.2 Å². The van der Waals surface area contributed by atoms with Crippen LogP contribution in [0.5, 0.6) is 0 Å². The molecule has 0 spiro atoms. The fourth-order valence-electron chi connectivity index (χ4n) is 1.29. The molecule has 0 bridgehead atoms. The summed E-state index contributed by atoms with van der Waals surface area (Å²) in [5, 5.41) is 2.03. The molecule has 0 aromatic heterocycles. The molecule has 0 heterocycles. The van der Waals surface area contributed by atoms with Crippen molar-refractivity contribution < 1.29 is 9.59 Å². The van der Waals surface area contributed by atoms with Crippen LogP contribution in [0.2, 0.25) is 26.2 Å². The van der Waals surface area contributed by atoms with Gasteiger partial charge < -0.3 is 9.59 Å². The molecule has 1 aromatic carbocycles. The second-order valence-electron chi connectivity index (χ2n) is 4.70. The molecule has 0 saturated heterocycles. The predicted octanol–water partition coefficient (Wildman–Crippen LogP) is 0.0148. The molecule has 83 valence electrons. The van der Waals surface area contributed by atoms with Gasteiger partial charge in [-0.15, -0.1) is 0 Å². The van der Waals surface area contributed by atoms with E-state index in [9.17, 15) is 9.59 Å². The first kappa shape index (κ1) is 14.5. The predicted molar refractivity (Wildman–Crippen MR) is 67.2 cm³/mol. The molecule has 0 aliphatic carbocycles. The highest BCUT2D eigenvalue weighted by Crippen LogP contribution is 2.00. The summed E-state index contributed by atoms with van der Waals surface area (Å²) >= 11 is 0. The Balaban J connectivity index is 0.00000196. The third-order valence-corrected chi connectivity index (χ3v) is 5.79. The van der Waals surface area contributed by atoms with Crippen LogP contribution in [0.1, 0.15) is 0 Å². The standard InChI is InChI=1S/C10H18O2Si2.N/c1-13(2,11)9-5-7-10(8-6-9)14(3,4)12;/h5-8,11-12H,1-4H3;. The fraction of sp³-hybridized carbons (Fsp3) is 0.400. The third-order valence-electron chi connectivity index (χ3n) is 2.30. The van der Waals surface area contributed by atoms with Crippen LogP contribution >= 0.6 is 0 Å². The van der Waals surface area contributed by atoms with E-state index >= 15 is 0 Å². The van der Waals surface area contributed by atoms with Gasteiger partial charge in [-0.2, -0.15) is 0 Å². The molecule has 0 aliphatic rings. The number of benzene rings is 1. The Morgan fingerprint density at radius 2 is 0.933 bits per heavy atom. The van der Waals surface area contributed by atoms with Gasteiger partial charge in [-0.3, -0.25) is 0 Å². The van der Waals surface area contributed by atoms with Crippen molar-refractivity contribution >= 4 is 27.0 Å². The summed E-state index contributed by atoms with van der Waals surface area (Å²) in [5.74, 6) is 0. The quantitative estimate of drug-likeness (QED) is 0.715. The summed E-state index contributed by atoms with van der Waals surface area (Å²) < 4.78 is 0. The van der Waals surface area contributed by atoms with Crippen LogP contribution in [0.25, 0.3) is 0 Å². The van der Waals surface area contributed by atoms with Gasteiger partial charge in [-0.25, -0.2) is 0 Å². The van der Waals surface area contributed by atoms with Crippen molar-refractivity contribution in [2.45, 2.75) is 26.2 Å². The third kappa shape index (κ3) is 3.88. The van der Waals surface area contributed by atoms with Crippen LogP contribution in [0.3, 0.4) is 0 Å². The summed E-state index contributed by atoms with van der Waals surface area (Å²) in [6.07, 6.45) is 0. The molecule has 0 atom stereocenters. The molecule has 3 nitrogen and oxygen atoms in total. The van der Waals surface area contributed by atoms with Crippen LogP contribution < -0.4 is 16.5 Å². The molecule has 5 heteroatoms.